The van der Waals surface area contributed by atoms with Crippen molar-refractivity contribution in [1.29, 1.82) is 0 Å². The zero-order chi connectivity index (χ0) is 12.7. The van der Waals surface area contributed by atoms with Crippen LogP contribution in [0.1, 0.15) is 38.2 Å². The Bertz CT molecular complexity index is 363. The fourth-order valence-corrected chi connectivity index (χ4v) is 1.88. The van der Waals surface area contributed by atoms with Crippen LogP contribution < -0.4 is 0 Å². The maximum atomic E-state index is 13.4. The number of halogens is 1. The minimum Gasteiger partial charge on any atom is -0.481 e. The molecule has 0 bridgehead atoms. The van der Waals surface area contributed by atoms with Gasteiger partial charge in [-0.2, -0.15) is 0 Å². The predicted octanol–water partition coefficient (Wildman–Crippen LogP) is 3.65. The van der Waals surface area contributed by atoms with Crippen molar-refractivity contribution in [1.82, 2.24) is 0 Å². The maximum Gasteiger partial charge on any atom is 0.306 e. The summed E-state index contributed by atoms with van der Waals surface area (Å²) in [4.78, 5) is 11.1. The number of hydrogen-bond donors (Lipinski definition) is 1. The van der Waals surface area contributed by atoms with Crippen LogP contribution >= 0.6 is 0 Å². The van der Waals surface area contributed by atoms with E-state index in [9.17, 15) is 9.18 Å². The summed E-state index contributed by atoms with van der Waals surface area (Å²) in [5.41, 5.74) is 0.497. The Morgan fingerprint density at radius 3 is 2.65 bits per heavy atom. The average Bonchev–Trinajstić information content (AvgIpc) is 2.30. The van der Waals surface area contributed by atoms with Crippen molar-refractivity contribution < 1.29 is 14.3 Å². The van der Waals surface area contributed by atoms with Crippen molar-refractivity contribution in [3.63, 3.8) is 0 Å². The number of rotatable bonds is 7. The molecule has 0 aromatic heterocycles. The first-order valence-electron chi connectivity index (χ1n) is 6.11. The molecule has 1 aromatic carbocycles. The van der Waals surface area contributed by atoms with Crippen LogP contribution in [-0.2, 0) is 11.2 Å². The number of aliphatic carboxylic acids is 1. The van der Waals surface area contributed by atoms with Gasteiger partial charge in [-0.1, -0.05) is 44.4 Å². The molecule has 1 N–H and O–H groups in total. The van der Waals surface area contributed by atoms with E-state index in [0.29, 0.717) is 12.0 Å². The van der Waals surface area contributed by atoms with E-state index in [-0.39, 0.29) is 12.2 Å². The van der Waals surface area contributed by atoms with E-state index in [4.69, 9.17) is 5.11 Å². The summed E-state index contributed by atoms with van der Waals surface area (Å²) < 4.78 is 13.4. The first-order valence-corrected chi connectivity index (χ1v) is 6.11. The molecule has 1 unspecified atom stereocenters. The van der Waals surface area contributed by atoms with E-state index in [0.717, 1.165) is 19.3 Å². The largest absolute Gasteiger partial charge is 0.481 e. The van der Waals surface area contributed by atoms with Gasteiger partial charge in [-0.05, 0) is 24.5 Å². The summed E-state index contributed by atoms with van der Waals surface area (Å²) in [7, 11) is 0. The van der Waals surface area contributed by atoms with Crippen LogP contribution in [0.3, 0.4) is 0 Å². The van der Waals surface area contributed by atoms with Crippen molar-refractivity contribution in [2.75, 3.05) is 0 Å². The fraction of sp³-hybridized carbons (Fsp3) is 0.500. The van der Waals surface area contributed by atoms with Crippen LogP contribution in [0.4, 0.5) is 4.39 Å². The number of carboxylic acids is 1. The van der Waals surface area contributed by atoms with Crippen molar-refractivity contribution in [2.45, 2.75) is 39.0 Å². The second-order valence-corrected chi connectivity index (χ2v) is 4.33. The van der Waals surface area contributed by atoms with Crippen LogP contribution in [-0.4, -0.2) is 11.1 Å². The average molecular weight is 238 g/mol. The van der Waals surface area contributed by atoms with Crippen LogP contribution in [0.2, 0.25) is 0 Å². The van der Waals surface area contributed by atoms with Crippen molar-refractivity contribution in [3.05, 3.63) is 35.6 Å². The smallest absolute Gasteiger partial charge is 0.306 e. The van der Waals surface area contributed by atoms with Crippen LogP contribution in [0.5, 0.6) is 0 Å². The van der Waals surface area contributed by atoms with Gasteiger partial charge in [0.2, 0.25) is 0 Å². The molecule has 0 aliphatic rings. The molecule has 0 fully saturated rings. The lowest BCUT2D eigenvalue weighted by molar-refractivity contribution is -0.142. The molecule has 1 aromatic rings. The van der Waals surface area contributed by atoms with Crippen molar-refractivity contribution in [2.24, 2.45) is 5.92 Å². The van der Waals surface area contributed by atoms with Crippen molar-refractivity contribution >= 4 is 5.97 Å². The van der Waals surface area contributed by atoms with Gasteiger partial charge >= 0.3 is 5.97 Å². The number of unbranched alkanes of at least 4 members (excludes halogenated alkanes) is 2. The number of benzene rings is 1. The molecule has 0 spiro atoms. The molecule has 0 saturated heterocycles. The summed E-state index contributed by atoms with van der Waals surface area (Å²) >= 11 is 0. The van der Waals surface area contributed by atoms with Gasteiger partial charge in [-0.25, -0.2) is 4.39 Å². The third-order valence-corrected chi connectivity index (χ3v) is 2.93. The van der Waals surface area contributed by atoms with E-state index in [1.165, 1.54) is 6.07 Å². The van der Waals surface area contributed by atoms with Gasteiger partial charge in [0.25, 0.3) is 0 Å². The molecule has 0 amide bonds. The first-order chi connectivity index (χ1) is 8.15. The fourth-order valence-electron chi connectivity index (χ4n) is 1.88. The molecule has 0 aliphatic heterocycles. The molecule has 1 atom stereocenters. The van der Waals surface area contributed by atoms with E-state index < -0.39 is 11.9 Å². The topological polar surface area (TPSA) is 37.3 Å². The van der Waals surface area contributed by atoms with Gasteiger partial charge in [-0.3, -0.25) is 4.79 Å². The standard InChI is InChI=1S/C14H19FO2/c1-2-3-4-8-12(14(16)17)10-11-7-5-6-9-13(11)15/h5-7,9,12H,2-4,8,10H2,1H3,(H,16,17). The maximum absolute atomic E-state index is 13.4. The van der Waals surface area contributed by atoms with E-state index in [2.05, 4.69) is 6.92 Å². The van der Waals surface area contributed by atoms with Gasteiger partial charge in [-0.15, -0.1) is 0 Å². The lowest BCUT2D eigenvalue weighted by atomic mass is 9.93. The van der Waals surface area contributed by atoms with Crippen LogP contribution in [0, 0.1) is 11.7 Å². The molecule has 0 heterocycles. The monoisotopic (exact) mass is 238 g/mol. The summed E-state index contributed by atoms with van der Waals surface area (Å²) in [5, 5.41) is 9.10. The zero-order valence-corrected chi connectivity index (χ0v) is 10.2. The third-order valence-electron chi connectivity index (χ3n) is 2.93. The molecule has 3 heteroatoms. The van der Waals surface area contributed by atoms with Gasteiger partial charge in [0.15, 0.2) is 0 Å². The summed E-state index contributed by atoms with van der Waals surface area (Å²) in [5.74, 6) is -1.61. The second-order valence-electron chi connectivity index (χ2n) is 4.33. The van der Waals surface area contributed by atoms with Gasteiger partial charge in [0, 0.05) is 0 Å². The third kappa shape index (κ3) is 4.55. The SMILES string of the molecule is CCCCCC(Cc1ccccc1F)C(=O)O. The predicted molar refractivity (Wildman–Crippen MR) is 65.4 cm³/mol. The molecule has 0 radical (unpaired) electrons. The highest BCUT2D eigenvalue weighted by molar-refractivity contribution is 5.70. The quantitative estimate of drug-likeness (QED) is 0.736. The number of hydrogen-bond acceptors (Lipinski definition) is 1. The molecule has 2 nitrogen and oxygen atoms in total. The highest BCUT2D eigenvalue weighted by Crippen LogP contribution is 2.18. The normalized spacial score (nSPS) is 12.4. The Morgan fingerprint density at radius 1 is 1.35 bits per heavy atom. The zero-order valence-electron chi connectivity index (χ0n) is 10.2. The molecule has 1 rings (SSSR count). The lowest BCUT2D eigenvalue weighted by Gasteiger charge is -2.12. The van der Waals surface area contributed by atoms with Crippen LogP contribution in [0.15, 0.2) is 24.3 Å². The molecular formula is C14H19FO2. The molecule has 94 valence electrons. The lowest BCUT2D eigenvalue weighted by Crippen LogP contribution is -2.17. The summed E-state index contributed by atoms with van der Waals surface area (Å²) in [6, 6.07) is 6.39. The van der Waals surface area contributed by atoms with Crippen LogP contribution in [0.25, 0.3) is 0 Å². The van der Waals surface area contributed by atoms with E-state index in [1.54, 1.807) is 18.2 Å². The molecular weight excluding hydrogens is 219 g/mol. The minimum atomic E-state index is -0.829. The van der Waals surface area contributed by atoms with Gasteiger partial charge < -0.3 is 5.11 Å². The Hall–Kier alpha value is -1.38. The summed E-state index contributed by atoms with van der Waals surface area (Å²) in [6.45, 7) is 2.08. The van der Waals surface area contributed by atoms with Gasteiger partial charge in [0.05, 0.1) is 5.92 Å². The Balaban J connectivity index is 2.61. The molecule has 0 aliphatic carbocycles. The number of carboxylic acid groups (broad SMARTS) is 1. The minimum absolute atomic E-state index is 0.283. The highest BCUT2D eigenvalue weighted by atomic mass is 19.1. The molecule has 0 saturated carbocycles. The van der Waals surface area contributed by atoms with E-state index >= 15 is 0 Å². The van der Waals surface area contributed by atoms with E-state index in [1.807, 2.05) is 0 Å². The Morgan fingerprint density at radius 2 is 2.06 bits per heavy atom. The highest BCUT2D eigenvalue weighted by Gasteiger charge is 2.18. The Labute approximate surface area is 101 Å². The first kappa shape index (κ1) is 13.7. The Kier molecular flexibility index (Phi) is 5.67. The molecule has 17 heavy (non-hydrogen) atoms. The summed E-state index contributed by atoms with van der Waals surface area (Å²) in [6.07, 6.45) is 3.89. The van der Waals surface area contributed by atoms with Crippen molar-refractivity contribution in [3.8, 4) is 0 Å². The number of carbonyl (C=O) groups is 1. The van der Waals surface area contributed by atoms with Gasteiger partial charge in [0.1, 0.15) is 5.82 Å². The second kappa shape index (κ2) is 7.05.